The lowest BCUT2D eigenvalue weighted by atomic mass is 9.83. The number of ether oxygens (including phenoxy) is 4. The molecule has 0 saturated heterocycles. The fraction of sp³-hybridized carbons (Fsp3) is 0.120. The van der Waals surface area contributed by atoms with Crippen LogP contribution in [0.25, 0.3) is 0 Å². The molecule has 0 radical (unpaired) electrons. The zero-order valence-corrected chi connectivity index (χ0v) is 18.6. The molecule has 1 unspecified atom stereocenters. The van der Waals surface area contributed by atoms with Crippen molar-refractivity contribution in [2.75, 3.05) is 14.2 Å². The van der Waals surface area contributed by atoms with Crippen molar-refractivity contribution >= 4 is 17.6 Å². The first kappa shape index (κ1) is 22.1. The molecule has 0 amide bonds. The van der Waals surface area contributed by atoms with Crippen molar-refractivity contribution in [3.05, 3.63) is 93.8 Å². The molecule has 0 bridgehead atoms. The van der Waals surface area contributed by atoms with E-state index in [4.69, 9.17) is 36.3 Å². The normalized spacial score (nSPS) is 14.5. The Morgan fingerprint density at radius 3 is 2.55 bits per heavy atom. The third-order valence-corrected chi connectivity index (χ3v) is 5.44. The molecule has 7 nitrogen and oxygen atoms in total. The first-order chi connectivity index (χ1) is 15.9. The van der Waals surface area contributed by atoms with Gasteiger partial charge in [-0.3, -0.25) is 0 Å². The highest BCUT2D eigenvalue weighted by molar-refractivity contribution is 6.30. The highest BCUT2D eigenvalue weighted by atomic mass is 35.5. The van der Waals surface area contributed by atoms with E-state index in [0.717, 1.165) is 5.56 Å². The second-order valence-electron chi connectivity index (χ2n) is 7.14. The largest absolute Gasteiger partial charge is 0.493 e. The summed E-state index contributed by atoms with van der Waals surface area (Å²) in [5.74, 6) is 0.629. The lowest BCUT2D eigenvalue weighted by molar-refractivity contribution is 0.0734. The summed E-state index contributed by atoms with van der Waals surface area (Å²) in [6, 6.07) is 18.9. The van der Waals surface area contributed by atoms with Crippen molar-refractivity contribution in [3.63, 3.8) is 0 Å². The van der Waals surface area contributed by atoms with Gasteiger partial charge >= 0.3 is 5.97 Å². The number of halogens is 1. The number of carbonyl (C=O) groups is 1. The average Bonchev–Trinajstić information content (AvgIpc) is 2.82. The highest BCUT2D eigenvalue weighted by Gasteiger charge is 2.31. The van der Waals surface area contributed by atoms with Gasteiger partial charge in [-0.15, -0.1) is 0 Å². The molecule has 1 aliphatic rings. The fourth-order valence-electron chi connectivity index (χ4n) is 3.66. The first-order valence-corrected chi connectivity index (χ1v) is 10.2. The van der Waals surface area contributed by atoms with Gasteiger partial charge in [-0.25, -0.2) is 4.79 Å². The number of nitrogens with zero attached hydrogens (tertiary/aromatic N) is 1. The molecule has 3 aromatic rings. The Balaban J connectivity index is 1.72. The van der Waals surface area contributed by atoms with E-state index in [1.807, 2.05) is 6.07 Å². The Morgan fingerprint density at radius 2 is 1.85 bits per heavy atom. The van der Waals surface area contributed by atoms with E-state index in [0.29, 0.717) is 33.4 Å². The topological polar surface area (TPSA) is 104 Å². The van der Waals surface area contributed by atoms with Gasteiger partial charge in [-0.05, 0) is 42.0 Å². The zero-order valence-electron chi connectivity index (χ0n) is 17.8. The van der Waals surface area contributed by atoms with Gasteiger partial charge in [0.25, 0.3) is 0 Å². The van der Waals surface area contributed by atoms with Crippen molar-refractivity contribution in [3.8, 4) is 29.1 Å². The number of hydrogen-bond donors (Lipinski definition) is 1. The number of rotatable bonds is 5. The molecule has 0 aliphatic carbocycles. The van der Waals surface area contributed by atoms with Crippen molar-refractivity contribution < 1.29 is 23.7 Å². The maximum atomic E-state index is 12.5. The Labute approximate surface area is 195 Å². The molecule has 8 heteroatoms. The number of allylic oxidation sites excluding steroid dienone is 1. The number of hydrogen-bond acceptors (Lipinski definition) is 7. The predicted molar refractivity (Wildman–Crippen MR) is 122 cm³/mol. The Hall–Kier alpha value is -4.15. The first-order valence-electron chi connectivity index (χ1n) is 9.86. The predicted octanol–water partition coefficient (Wildman–Crippen LogP) is 4.79. The molecule has 166 valence electrons. The zero-order chi connectivity index (χ0) is 23.5. The Bertz CT molecular complexity index is 1310. The van der Waals surface area contributed by atoms with E-state index in [1.54, 1.807) is 55.6 Å². The molecule has 2 N–H and O–H groups in total. The van der Waals surface area contributed by atoms with Crippen LogP contribution in [0.2, 0.25) is 5.02 Å². The maximum Gasteiger partial charge on any atom is 0.343 e. The third-order valence-electron chi connectivity index (χ3n) is 5.20. The standard InChI is InChI=1S/C25H19ClN2O5/c1-30-20-9-6-14(11-22(20)31-2)23-18-8-7-17(12-21(18)33-24(28)19(23)13-27)32-25(29)15-4-3-5-16(26)10-15/h3-12,23H,28H2,1-2H3. The van der Waals surface area contributed by atoms with Gasteiger partial charge in [0.15, 0.2) is 11.5 Å². The quantitative estimate of drug-likeness (QED) is 0.429. The smallest absolute Gasteiger partial charge is 0.343 e. The maximum absolute atomic E-state index is 12.5. The summed E-state index contributed by atoms with van der Waals surface area (Å²) in [5.41, 5.74) is 8.11. The highest BCUT2D eigenvalue weighted by Crippen LogP contribution is 2.45. The molecule has 0 saturated carbocycles. The van der Waals surface area contributed by atoms with E-state index < -0.39 is 11.9 Å². The molecule has 1 heterocycles. The fourth-order valence-corrected chi connectivity index (χ4v) is 3.85. The molecule has 1 atom stereocenters. The monoisotopic (exact) mass is 462 g/mol. The summed E-state index contributed by atoms with van der Waals surface area (Å²) in [5, 5.41) is 10.2. The number of fused-ring (bicyclic) bond motifs is 1. The molecule has 0 fully saturated rings. The molecule has 3 aromatic carbocycles. The van der Waals surface area contributed by atoms with Crippen LogP contribution in [0.15, 0.2) is 72.1 Å². The van der Waals surface area contributed by atoms with Gasteiger partial charge in [0.05, 0.1) is 25.7 Å². The summed E-state index contributed by atoms with van der Waals surface area (Å²) in [6.45, 7) is 0. The summed E-state index contributed by atoms with van der Waals surface area (Å²) in [6.07, 6.45) is 0. The molecular weight excluding hydrogens is 444 g/mol. The van der Waals surface area contributed by atoms with Crippen LogP contribution in [-0.2, 0) is 0 Å². The van der Waals surface area contributed by atoms with Crippen molar-refractivity contribution in [1.29, 1.82) is 5.26 Å². The van der Waals surface area contributed by atoms with E-state index in [1.165, 1.54) is 13.2 Å². The minimum Gasteiger partial charge on any atom is -0.493 e. The van der Waals surface area contributed by atoms with E-state index in [2.05, 4.69) is 6.07 Å². The molecule has 0 aromatic heterocycles. The number of nitriles is 1. The summed E-state index contributed by atoms with van der Waals surface area (Å²) in [4.78, 5) is 12.5. The van der Waals surface area contributed by atoms with Gasteiger partial charge < -0.3 is 24.7 Å². The second-order valence-corrected chi connectivity index (χ2v) is 7.58. The van der Waals surface area contributed by atoms with Gasteiger partial charge in [-0.2, -0.15) is 5.26 Å². The van der Waals surface area contributed by atoms with Crippen LogP contribution in [0, 0.1) is 11.3 Å². The molecule has 4 rings (SSSR count). The summed E-state index contributed by atoms with van der Waals surface area (Å²) in [7, 11) is 3.08. The van der Waals surface area contributed by atoms with Gasteiger partial charge in [0.2, 0.25) is 5.88 Å². The van der Waals surface area contributed by atoms with Gasteiger partial charge in [0.1, 0.15) is 23.1 Å². The minimum absolute atomic E-state index is 0.0249. The van der Waals surface area contributed by atoms with Crippen molar-refractivity contribution in [2.24, 2.45) is 5.73 Å². The van der Waals surface area contributed by atoms with Crippen LogP contribution in [0.5, 0.6) is 23.0 Å². The third kappa shape index (κ3) is 4.29. The number of methoxy groups -OCH3 is 2. The van der Waals surface area contributed by atoms with Gasteiger partial charge in [0, 0.05) is 16.7 Å². The van der Waals surface area contributed by atoms with E-state index in [-0.39, 0.29) is 17.2 Å². The van der Waals surface area contributed by atoms with Crippen LogP contribution in [0.4, 0.5) is 0 Å². The lowest BCUT2D eigenvalue weighted by Crippen LogP contribution is -2.21. The van der Waals surface area contributed by atoms with Crippen molar-refractivity contribution in [2.45, 2.75) is 5.92 Å². The number of carbonyl (C=O) groups excluding carboxylic acids is 1. The van der Waals surface area contributed by atoms with Crippen LogP contribution >= 0.6 is 11.6 Å². The summed E-state index contributed by atoms with van der Waals surface area (Å²) < 4.78 is 21.9. The molecular formula is C25H19ClN2O5. The van der Waals surface area contributed by atoms with E-state index in [9.17, 15) is 10.1 Å². The number of nitrogens with two attached hydrogens (primary N) is 1. The Morgan fingerprint density at radius 1 is 1.06 bits per heavy atom. The van der Waals surface area contributed by atoms with Crippen molar-refractivity contribution in [1.82, 2.24) is 0 Å². The van der Waals surface area contributed by atoms with Crippen LogP contribution in [-0.4, -0.2) is 20.2 Å². The summed E-state index contributed by atoms with van der Waals surface area (Å²) >= 11 is 5.96. The molecule has 0 spiro atoms. The average molecular weight is 463 g/mol. The Kier molecular flexibility index (Phi) is 6.11. The number of esters is 1. The number of benzene rings is 3. The van der Waals surface area contributed by atoms with Crippen LogP contribution in [0.3, 0.4) is 0 Å². The minimum atomic E-state index is -0.564. The van der Waals surface area contributed by atoms with Crippen LogP contribution < -0.4 is 24.7 Å². The van der Waals surface area contributed by atoms with Crippen LogP contribution in [0.1, 0.15) is 27.4 Å². The lowest BCUT2D eigenvalue weighted by Gasteiger charge is -2.27. The SMILES string of the molecule is COc1ccc(C2C(C#N)=C(N)Oc3cc(OC(=O)c4cccc(Cl)c4)ccc32)cc1OC. The molecule has 1 aliphatic heterocycles. The molecule has 33 heavy (non-hydrogen) atoms. The second kappa shape index (κ2) is 9.15. The van der Waals surface area contributed by atoms with E-state index >= 15 is 0 Å². The van der Waals surface area contributed by atoms with Gasteiger partial charge in [-0.1, -0.05) is 29.8 Å².